The number of hydrogen-bond acceptors (Lipinski definition) is 5. The smallest absolute Gasteiger partial charge is 0.266 e. The summed E-state index contributed by atoms with van der Waals surface area (Å²) in [4.78, 5) is 20.0. The molecule has 0 aromatic heterocycles. The number of aliphatic imine (C=N–C) groups is 1. The molecule has 33 heavy (non-hydrogen) atoms. The van der Waals surface area contributed by atoms with E-state index in [-0.39, 0.29) is 30.4 Å². The number of amides is 1. The van der Waals surface area contributed by atoms with E-state index in [0.717, 1.165) is 19.9 Å². The maximum absolute atomic E-state index is 13.5. The minimum Gasteiger partial charge on any atom is -0.490 e. The van der Waals surface area contributed by atoms with Gasteiger partial charge >= 0.3 is 0 Å². The molecular formula is C25H28FIN2O3S. The zero-order chi connectivity index (χ0) is 24.1. The SMILES string of the molecule is CCOc1cc(/C=C2/SC(=NC(C)C)N(C(C)C)C2=O)cc(I)c1OCc1cccc(F)c1. The van der Waals surface area contributed by atoms with Gasteiger partial charge in [-0.1, -0.05) is 12.1 Å². The molecule has 3 rings (SSSR count). The highest BCUT2D eigenvalue weighted by molar-refractivity contribution is 14.1. The third kappa shape index (κ3) is 6.50. The van der Waals surface area contributed by atoms with Gasteiger partial charge in [0.25, 0.3) is 5.91 Å². The van der Waals surface area contributed by atoms with Gasteiger partial charge in [-0.2, -0.15) is 0 Å². The molecule has 5 nitrogen and oxygen atoms in total. The highest BCUT2D eigenvalue weighted by Gasteiger charge is 2.35. The molecule has 2 aromatic carbocycles. The summed E-state index contributed by atoms with van der Waals surface area (Å²) in [5, 5.41) is 0.728. The number of ether oxygens (including phenoxy) is 2. The van der Waals surface area contributed by atoms with Crippen molar-refractivity contribution in [3.05, 3.63) is 61.8 Å². The van der Waals surface area contributed by atoms with E-state index >= 15 is 0 Å². The lowest BCUT2D eigenvalue weighted by molar-refractivity contribution is -0.123. The Hall–Kier alpha value is -2.07. The summed E-state index contributed by atoms with van der Waals surface area (Å²) in [7, 11) is 0. The first-order chi connectivity index (χ1) is 15.7. The number of rotatable bonds is 8. The second kappa shape index (κ2) is 11.4. The number of carbonyl (C=O) groups is 1. The van der Waals surface area contributed by atoms with Crippen molar-refractivity contribution in [3.8, 4) is 11.5 Å². The Kier molecular flexibility index (Phi) is 8.81. The molecule has 0 atom stereocenters. The Morgan fingerprint density at radius 1 is 1.18 bits per heavy atom. The number of benzene rings is 2. The lowest BCUT2D eigenvalue weighted by Gasteiger charge is -2.20. The molecule has 1 amide bonds. The predicted molar refractivity (Wildman–Crippen MR) is 141 cm³/mol. The van der Waals surface area contributed by atoms with Crippen LogP contribution in [0, 0.1) is 9.39 Å². The number of amidine groups is 1. The van der Waals surface area contributed by atoms with Crippen molar-refractivity contribution in [2.24, 2.45) is 4.99 Å². The highest BCUT2D eigenvalue weighted by Crippen LogP contribution is 2.38. The largest absolute Gasteiger partial charge is 0.490 e. The van der Waals surface area contributed by atoms with Crippen molar-refractivity contribution in [2.45, 2.75) is 53.3 Å². The quantitative estimate of drug-likeness (QED) is 0.264. The van der Waals surface area contributed by atoms with Crippen molar-refractivity contribution in [1.29, 1.82) is 0 Å². The van der Waals surface area contributed by atoms with E-state index < -0.39 is 0 Å². The number of thioether (sulfide) groups is 1. The van der Waals surface area contributed by atoms with E-state index in [1.807, 2.05) is 58.9 Å². The molecule has 0 bridgehead atoms. The van der Waals surface area contributed by atoms with Crippen LogP contribution < -0.4 is 9.47 Å². The lowest BCUT2D eigenvalue weighted by atomic mass is 10.1. The summed E-state index contributed by atoms with van der Waals surface area (Å²) in [6, 6.07) is 10.3. The van der Waals surface area contributed by atoms with Crippen molar-refractivity contribution in [2.75, 3.05) is 6.61 Å². The van der Waals surface area contributed by atoms with E-state index in [1.165, 1.54) is 23.9 Å². The first kappa shape index (κ1) is 25.6. The number of hydrogen-bond donors (Lipinski definition) is 0. The van der Waals surface area contributed by atoms with Crippen molar-refractivity contribution >= 4 is 51.5 Å². The van der Waals surface area contributed by atoms with Gasteiger partial charge in [0.05, 0.1) is 15.1 Å². The van der Waals surface area contributed by atoms with Gasteiger partial charge in [0.15, 0.2) is 16.7 Å². The fourth-order valence-electron chi connectivity index (χ4n) is 3.26. The third-order valence-corrected chi connectivity index (χ3v) is 6.42. The van der Waals surface area contributed by atoms with E-state index in [1.54, 1.807) is 11.0 Å². The predicted octanol–water partition coefficient (Wildman–Crippen LogP) is 6.50. The topological polar surface area (TPSA) is 51.1 Å². The van der Waals surface area contributed by atoms with Crippen molar-refractivity contribution in [1.82, 2.24) is 4.90 Å². The Morgan fingerprint density at radius 2 is 1.94 bits per heavy atom. The van der Waals surface area contributed by atoms with Gasteiger partial charge in [-0.25, -0.2) is 4.39 Å². The van der Waals surface area contributed by atoms with Gasteiger partial charge in [0.1, 0.15) is 12.4 Å². The molecule has 0 aliphatic carbocycles. The van der Waals surface area contributed by atoms with Crippen LogP contribution in [0.5, 0.6) is 11.5 Å². The maximum atomic E-state index is 13.5. The first-order valence-electron chi connectivity index (χ1n) is 10.8. The van der Waals surface area contributed by atoms with Gasteiger partial charge in [-0.15, -0.1) is 0 Å². The number of halogens is 2. The molecule has 1 heterocycles. The van der Waals surface area contributed by atoms with Crippen LogP contribution in [0.3, 0.4) is 0 Å². The molecule has 2 aromatic rings. The van der Waals surface area contributed by atoms with E-state index in [2.05, 4.69) is 27.6 Å². The minimum atomic E-state index is -0.299. The van der Waals surface area contributed by atoms with E-state index in [9.17, 15) is 9.18 Å². The maximum Gasteiger partial charge on any atom is 0.266 e. The van der Waals surface area contributed by atoms with Crippen LogP contribution in [0.2, 0.25) is 0 Å². The van der Waals surface area contributed by atoms with Crippen molar-refractivity contribution in [3.63, 3.8) is 0 Å². The van der Waals surface area contributed by atoms with Crippen LogP contribution in [0.15, 0.2) is 46.3 Å². The first-order valence-corrected chi connectivity index (χ1v) is 12.7. The normalized spacial score (nSPS) is 16.5. The number of nitrogens with zero attached hydrogens (tertiary/aromatic N) is 2. The molecule has 176 valence electrons. The minimum absolute atomic E-state index is 0.0196. The average molecular weight is 582 g/mol. The summed E-state index contributed by atoms with van der Waals surface area (Å²) >= 11 is 3.59. The highest BCUT2D eigenvalue weighted by atomic mass is 127. The van der Waals surface area contributed by atoms with Crippen LogP contribution in [-0.4, -0.2) is 34.7 Å². The van der Waals surface area contributed by atoms with Crippen molar-refractivity contribution < 1.29 is 18.7 Å². The molecule has 0 N–H and O–H groups in total. The lowest BCUT2D eigenvalue weighted by Crippen LogP contribution is -2.35. The second-order valence-electron chi connectivity index (χ2n) is 8.07. The van der Waals surface area contributed by atoms with Gasteiger partial charge in [-0.05, 0) is 110 Å². The zero-order valence-corrected chi connectivity index (χ0v) is 22.4. The Bertz CT molecular complexity index is 1090. The van der Waals surface area contributed by atoms with Crippen LogP contribution in [0.25, 0.3) is 6.08 Å². The monoisotopic (exact) mass is 582 g/mol. The van der Waals surface area contributed by atoms with Gasteiger partial charge < -0.3 is 9.47 Å². The average Bonchev–Trinajstić information content (AvgIpc) is 3.01. The van der Waals surface area contributed by atoms with E-state index in [4.69, 9.17) is 9.47 Å². The van der Waals surface area contributed by atoms with E-state index in [0.29, 0.717) is 23.0 Å². The molecule has 0 spiro atoms. The number of carbonyl (C=O) groups excluding carboxylic acids is 1. The fourth-order valence-corrected chi connectivity index (χ4v) is 5.27. The van der Waals surface area contributed by atoms with Crippen LogP contribution >= 0.6 is 34.4 Å². The van der Waals surface area contributed by atoms with Crippen LogP contribution in [0.1, 0.15) is 45.7 Å². The zero-order valence-electron chi connectivity index (χ0n) is 19.4. The summed E-state index contributed by atoms with van der Waals surface area (Å²) in [6.45, 7) is 10.6. The Balaban J connectivity index is 1.91. The summed E-state index contributed by atoms with van der Waals surface area (Å²) < 4.78 is 26.2. The molecule has 8 heteroatoms. The fraction of sp³-hybridized carbons (Fsp3) is 0.360. The standard InChI is InChI=1S/C25H28FIN2O3S/c1-6-31-21-12-18(11-20(27)23(21)32-14-17-8-7-9-19(26)10-17)13-22-24(30)29(16(4)5)25(33-22)28-15(2)3/h7-13,15-16H,6,14H2,1-5H3/b22-13+,28-25?. The van der Waals surface area contributed by atoms with Gasteiger partial charge in [-0.3, -0.25) is 14.7 Å². The third-order valence-electron chi connectivity index (χ3n) is 4.62. The van der Waals surface area contributed by atoms with Gasteiger partial charge in [0, 0.05) is 12.1 Å². The molecular weight excluding hydrogens is 554 g/mol. The molecule has 1 fully saturated rings. The molecule has 1 aliphatic heterocycles. The molecule has 1 saturated heterocycles. The Labute approximate surface area is 212 Å². The molecule has 0 unspecified atom stereocenters. The molecule has 0 radical (unpaired) electrons. The molecule has 1 aliphatic rings. The van der Waals surface area contributed by atoms with Gasteiger partial charge in [0.2, 0.25) is 0 Å². The summed E-state index contributed by atoms with van der Waals surface area (Å²) in [5.74, 6) is 0.834. The van der Waals surface area contributed by atoms with Crippen LogP contribution in [-0.2, 0) is 11.4 Å². The molecule has 0 saturated carbocycles. The Morgan fingerprint density at radius 3 is 2.58 bits per heavy atom. The van der Waals surface area contributed by atoms with Crippen LogP contribution in [0.4, 0.5) is 4.39 Å². The summed E-state index contributed by atoms with van der Waals surface area (Å²) in [5.41, 5.74) is 1.57. The second-order valence-corrected chi connectivity index (χ2v) is 10.2. The summed E-state index contributed by atoms with van der Waals surface area (Å²) in [6.07, 6.45) is 1.87.